The van der Waals surface area contributed by atoms with E-state index in [0.717, 1.165) is 82.6 Å². The third-order valence-electron chi connectivity index (χ3n) is 5.79. The molecule has 0 aromatic heterocycles. The van der Waals surface area contributed by atoms with Gasteiger partial charge in [0.2, 0.25) is 5.91 Å². The molecule has 1 aromatic rings. The minimum Gasteiger partial charge on any atom is -0.357 e. The first-order valence-electron chi connectivity index (χ1n) is 10.9. The van der Waals surface area contributed by atoms with Crippen LogP contribution in [-0.2, 0) is 11.2 Å². The van der Waals surface area contributed by atoms with E-state index in [4.69, 9.17) is 16.6 Å². The van der Waals surface area contributed by atoms with Gasteiger partial charge in [0.15, 0.2) is 5.96 Å². The lowest BCUT2D eigenvalue weighted by molar-refractivity contribution is -0.139. The SMILES string of the molecule is CCNC(=NCCN1CCN(C(=O)C2CCC2)CC1)NCCc1ccc(Cl)cc1.I. The molecule has 1 heterocycles. The number of guanidine groups is 1. The number of benzene rings is 1. The zero-order chi connectivity index (χ0) is 20.5. The standard InChI is InChI=1S/C22H34ClN5O.HI/c1-2-24-22(25-11-10-18-6-8-20(23)9-7-18)26-12-13-27-14-16-28(17-15-27)21(29)19-4-3-5-19;/h6-9,19H,2-5,10-17H2,1H3,(H2,24,25,26);1H. The molecule has 0 atom stereocenters. The van der Waals surface area contributed by atoms with E-state index in [2.05, 4.69) is 39.5 Å². The van der Waals surface area contributed by atoms with Crippen molar-refractivity contribution in [1.82, 2.24) is 20.4 Å². The van der Waals surface area contributed by atoms with E-state index in [1.54, 1.807) is 0 Å². The fraction of sp³-hybridized carbons (Fsp3) is 0.636. The summed E-state index contributed by atoms with van der Waals surface area (Å²) in [5.74, 6) is 1.56. The van der Waals surface area contributed by atoms with Crippen molar-refractivity contribution in [2.45, 2.75) is 32.6 Å². The van der Waals surface area contributed by atoms with E-state index in [0.29, 0.717) is 11.8 Å². The number of nitrogens with one attached hydrogen (secondary N) is 2. The highest BCUT2D eigenvalue weighted by atomic mass is 127. The Balaban J connectivity index is 0.00000320. The van der Waals surface area contributed by atoms with Crippen LogP contribution in [0.25, 0.3) is 0 Å². The monoisotopic (exact) mass is 547 g/mol. The van der Waals surface area contributed by atoms with Crippen LogP contribution >= 0.6 is 35.6 Å². The number of amides is 1. The van der Waals surface area contributed by atoms with Crippen molar-refractivity contribution in [3.8, 4) is 0 Å². The second-order valence-electron chi connectivity index (χ2n) is 7.86. The van der Waals surface area contributed by atoms with Crippen molar-refractivity contribution in [2.75, 3.05) is 52.4 Å². The summed E-state index contributed by atoms with van der Waals surface area (Å²) < 4.78 is 0. The Morgan fingerprint density at radius 2 is 1.83 bits per heavy atom. The number of carbonyl (C=O) groups is 1. The fourth-order valence-corrected chi connectivity index (χ4v) is 3.85. The van der Waals surface area contributed by atoms with E-state index in [1.165, 1.54) is 12.0 Å². The predicted octanol–water partition coefficient (Wildman–Crippen LogP) is 3.00. The van der Waals surface area contributed by atoms with Crippen LogP contribution in [0.15, 0.2) is 29.3 Å². The summed E-state index contributed by atoms with van der Waals surface area (Å²) in [5.41, 5.74) is 1.26. The molecule has 1 saturated heterocycles. The van der Waals surface area contributed by atoms with Crippen molar-refractivity contribution in [3.05, 3.63) is 34.9 Å². The van der Waals surface area contributed by atoms with Gasteiger partial charge in [-0.1, -0.05) is 30.2 Å². The number of halogens is 2. The summed E-state index contributed by atoms with van der Waals surface area (Å²) in [7, 11) is 0. The molecule has 1 saturated carbocycles. The Hall–Kier alpha value is -1.06. The maximum absolute atomic E-state index is 12.3. The van der Waals surface area contributed by atoms with E-state index in [1.807, 2.05) is 12.1 Å². The lowest BCUT2D eigenvalue weighted by Gasteiger charge is -2.38. The summed E-state index contributed by atoms with van der Waals surface area (Å²) in [6.45, 7) is 9.06. The van der Waals surface area contributed by atoms with Gasteiger partial charge < -0.3 is 15.5 Å². The summed E-state index contributed by atoms with van der Waals surface area (Å²) in [4.78, 5) is 21.5. The molecule has 30 heavy (non-hydrogen) atoms. The fourth-order valence-electron chi connectivity index (χ4n) is 3.73. The first-order chi connectivity index (χ1) is 14.2. The molecule has 168 valence electrons. The van der Waals surface area contributed by atoms with Gasteiger partial charge in [0.05, 0.1) is 6.54 Å². The molecule has 1 aliphatic carbocycles. The van der Waals surface area contributed by atoms with E-state index >= 15 is 0 Å². The molecule has 1 aliphatic heterocycles. The quantitative estimate of drug-likeness (QED) is 0.299. The van der Waals surface area contributed by atoms with Crippen molar-refractivity contribution in [3.63, 3.8) is 0 Å². The molecule has 0 spiro atoms. The van der Waals surface area contributed by atoms with Crippen molar-refractivity contribution in [1.29, 1.82) is 0 Å². The smallest absolute Gasteiger partial charge is 0.225 e. The minimum absolute atomic E-state index is 0. The maximum Gasteiger partial charge on any atom is 0.225 e. The third-order valence-corrected chi connectivity index (χ3v) is 6.04. The average Bonchev–Trinajstić information content (AvgIpc) is 2.68. The van der Waals surface area contributed by atoms with Crippen LogP contribution in [0.5, 0.6) is 0 Å². The number of hydrogen-bond donors (Lipinski definition) is 2. The van der Waals surface area contributed by atoms with E-state index in [-0.39, 0.29) is 24.0 Å². The molecule has 3 rings (SSSR count). The van der Waals surface area contributed by atoms with E-state index in [9.17, 15) is 4.79 Å². The number of carbonyl (C=O) groups excluding carboxylic acids is 1. The lowest BCUT2D eigenvalue weighted by atomic mass is 9.84. The van der Waals surface area contributed by atoms with Gasteiger partial charge in [0, 0.05) is 56.8 Å². The predicted molar refractivity (Wildman–Crippen MR) is 135 cm³/mol. The van der Waals surface area contributed by atoms with Crippen LogP contribution < -0.4 is 10.6 Å². The van der Waals surface area contributed by atoms with Crippen molar-refractivity contribution >= 4 is 47.4 Å². The molecular formula is C22H35ClIN5O. The second-order valence-corrected chi connectivity index (χ2v) is 8.30. The highest BCUT2D eigenvalue weighted by molar-refractivity contribution is 14.0. The summed E-state index contributed by atoms with van der Waals surface area (Å²) >= 11 is 5.94. The molecule has 6 nitrogen and oxygen atoms in total. The van der Waals surface area contributed by atoms with Crippen LogP contribution in [0.2, 0.25) is 5.02 Å². The third kappa shape index (κ3) is 7.89. The van der Waals surface area contributed by atoms with Gasteiger partial charge in [-0.05, 0) is 43.9 Å². The van der Waals surface area contributed by atoms with Gasteiger partial charge in [0.25, 0.3) is 0 Å². The number of hydrogen-bond acceptors (Lipinski definition) is 3. The Labute approximate surface area is 202 Å². The molecule has 2 aliphatic rings. The molecule has 0 bridgehead atoms. The normalized spacial score (nSPS) is 17.8. The van der Waals surface area contributed by atoms with Crippen LogP contribution in [0.3, 0.4) is 0 Å². The Morgan fingerprint density at radius 3 is 2.43 bits per heavy atom. The number of aliphatic imine (C=N–C) groups is 1. The Kier molecular flexibility index (Phi) is 11.2. The topological polar surface area (TPSA) is 60.0 Å². The van der Waals surface area contributed by atoms with Gasteiger partial charge in [-0.2, -0.15) is 0 Å². The number of piperazine rings is 1. The van der Waals surface area contributed by atoms with Gasteiger partial charge >= 0.3 is 0 Å². The molecular weight excluding hydrogens is 513 g/mol. The largest absolute Gasteiger partial charge is 0.357 e. The lowest BCUT2D eigenvalue weighted by Crippen LogP contribution is -2.51. The first-order valence-corrected chi connectivity index (χ1v) is 11.3. The molecule has 0 radical (unpaired) electrons. The molecule has 2 fully saturated rings. The second kappa shape index (κ2) is 13.4. The molecule has 0 unspecified atom stereocenters. The molecule has 8 heteroatoms. The highest BCUT2D eigenvalue weighted by Crippen LogP contribution is 2.28. The zero-order valence-electron chi connectivity index (χ0n) is 17.9. The minimum atomic E-state index is 0. The Bertz CT molecular complexity index is 673. The van der Waals surface area contributed by atoms with Crippen LogP contribution in [0, 0.1) is 5.92 Å². The van der Waals surface area contributed by atoms with E-state index < -0.39 is 0 Å². The summed E-state index contributed by atoms with van der Waals surface area (Å²) in [6.07, 6.45) is 4.33. The average molecular weight is 548 g/mol. The van der Waals surface area contributed by atoms with Gasteiger partial charge in [-0.25, -0.2) is 0 Å². The van der Waals surface area contributed by atoms with Crippen LogP contribution in [0.1, 0.15) is 31.7 Å². The van der Waals surface area contributed by atoms with Crippen molar-refractivity contribution < 1.29 is 4.79 Å². The summed E-state index contributed by atoms with van der Waals surface area (Å²) in [6, 6.07) is 7.97. The first kappa shape index (κ1) is 25.2. The van der Waals surface area contributed by atoms with Gasteiger partial charge in [-0.3, -0.25) is 14.7 Å². The zero-order valence-corrected chi connectivity index (χ0v) is 21.0. The van der Waals surface area contributed by atoms with Gasteiger partial charge in [-0.15, -0.1) is 24.0 Å². The van der Waals surface area contributed by atoms with Crippen LogP contribution in [-0.4, -0.2) is 74.0 Å². The highest BCUT2D eigenvalue weighted by Gasteiger charge is 2.30. The molecule has 2 N–H and O–H groups in total. The van der Waals surface area contributed by atoms with Gasteiger partial charge in [0.1, 0.15) is 0 Å². The van der Waals surface area contributed by atoms with Crippen LogP contribution in [0.4, 0.5) is 0 Å². The van der Waals surface area contributed by atoms with Crippen molar-refractivity contribution in [2.24, 2.45) is 10.9 Å². The maximum atomic E-state index is 12.3. The molecule has 1 amide bonds. The summed E-state index contributed by atoms with van der Waals surface area (Å²) in [5, 5.41) is 7.48. The number of rotatable bonds is 8. The molecule has 1 aromatic carbocycles. The Morgan fingerprint density at radius 1 is 1.13 bits per heavy atom. The number of nitrogens with zero attached hydrogens (tertiary/aromatic N) is 3.